The smallest absolute Gasteiger partial charge is 0.115 e. The standard InChI is InChI=1S/C13H11NO.ClH/c14-10-1-3-12-8(6-10)5-9-7-11(15)2-4-13(9)12;/h1-4,6-7,15H,5,14H2;1H. The molecule has 16 heavy (non-hydrogen) atoms. The summed E-state index contributed by atoms with van der Waals surface area (Å²) in [6.45, 7) is 0. The second-order valence-corrected chi connectivity index (χ2v) is 3.93. The number of hydrogen-bond donors (Lipinski definition) is 2. The fraction of sp³-hybridized carbons (Fsp3) is 0.0769. The molecular weight excluding hydrogens is 222 g/mol. The van der Waals surface area contributed by atoms with Crippen LogP contribution in [-0.2, 0) is 6.42 Å². The van der Waals surface area contributed by atoms with Gasteiger partial charge in [-0.2, -0.15) is 0 Å². The van der Waals surface area contributed by atoms with Crippen LogP contribution in [0.25, 0.3) is 11.1 Å². The van der Waals surface area contributed by atoms with Crippen molar-refractivity contribution in [2.45, 2.75) is 6.42 Å². The van der Waals surface area contributed by atoms with Gasteiger partial charge in [-0.05, 0) is 52.9 Å². The molecule has 2 nitrogen and oxygen atoms in total. The average molecular weight is 234 g/mol. The predicted octanol–water partition coefficient (Wildman–Crippen LogP) is 2.97. The lowest BCUT2D eigenvalue weighted by Crippen LogP contribution is -1.86. The Hall–Kier alpha value is -1.67. The molecule has 2 aromatic rings. The molecule has 82 valence electrons. The number of phenols is 1. The fourth-order valence-electron chi connectivity index (χ4n) is 2.22. The van der Waals surface area contributed by atoms with E-state index in [0.29, 0.717) is 5.75 Å². The molecule has 0 amide bonds. The highest BCUT2D eigenvalue weighted by Gasteiger charge is 2.18. The number of aromatic hydroxyl groups is 1. The van der Waals surface area contributed by atoms with Gasteiger partial charge >= 0.3 is 0 Å². The Morgan fingerprint density at radius 1 is 0.938 bits per heavy atom. The van der Waals surface area contributed by atoms with Crippen molar-refractivity contribution < 1.29 is 5.11 Å². The lowest BCUT2D eigenvalue weighted by Gasteiger charge is -2.01. The maximum absolute atomic E-state index is 9.41. The maximum Gasteiger partial charge on any atom is 0.115 e. The fourth-order valence-corrected chi connectivity index (χ4v) is 2.22. The van der Waals surface area contributed by atoms with E-state index in [1.807, 2.05) is 30.3 Å². The second kappa shape index (κ2) is 3.72. The normalized spacial score (nSPS) is 11.5. The third-order valence-corrected chi connectivity index (χ3v) is 2.89. The van der Waals surface area contributed by atoms with Crippen molar-refractivity contribution in [2.24, 2.45) is 0 Å². The van der Waals surface area contributed by atoms with Crippen LogP contribution < -0.4 is 5.73 Å². The summed E-state index contributed by atoms with van der Waals surface area (Å²) in [4.78, 5) is 0. The van der Waals surface area contributed by atoms with Crippen molar-refractivity contribution in [3.05, 3.63) is 47.5 Å². The molecule has 0 atom stereocenters. The summed E-state index contributed by atoms with van der Waals surface area (Å²) in [6, 6.07) is 11.5. The number of anilines is 1. The van der Waals surface area contributed by atoms with Gasteiger partial charge in [0, 0.05) is 5.69 Å². The van der Waals surface area contributed by atoms with E-state index in [9.17, 15) is 5.11 Å². The SMILES string of the molecule is Cl.Nc1ccc2c(c1)Cc1cc(O)ccc1-2. The molecule has 0 bridgehead atoms. The molecule has 0 aromatic heterocycles. The van der Waals surface area contributed by atoms with E-state index >= 15 is 0 Å². The molecule has 0 spiro atoms. The van der Waals surface area contributed by atoms with Gasteiger partial charge in [0.15, 0.2) is 0 Å². The van der Waals surface area contributed by atoms with E-state index in [2.05, 4.69) is 0 Å². The van der Waals surface area contributed by atoms with Gasteiger partial charge in [0.05, 0.1) is 0 Å². The van der Waals surface area contributed by atoms with Crippen molar-refractivity contribution >= 4 is 18.1 Å². The third kappa shape index (κ3) is 1.51. The molecule has 0 aliphatic heterocycles. The zero-order valence-corrected chi connectivity index (χ0v) is 9.42. The van der Waals surface area contributed by atoms with Crippen LogP contribution >= 0.6 is 12.4 Å². The molecule has 2 aromatic carbocycles. The second-order valence-electron chi connectivity index (χ2n) is 3.93. The van der Waals surface area contributed by atoms with Crippen LogP contribution in [0.3, 0.4) is 0 Å². The first-order valence-corrected chi connectivity index (χ1v) is 4.95. The van der Waals surface area contributed by atoms with Crippen molar-refractivity contribution in [1.82, 2.24) is 0 Å². The highest BCUT2D eigenvalue weighted by molar-refractivity contribution is 5.85. The predicted molar refractivity (Wildman–Crippen MR) is 68.0 cm³/mol. The van der Waals surface area contributed by atoms with Gasteiger partial charge in [-0.1, -0.05) is 12.1 Å². The van der Waals surface area contributed by atoms with Crippen molar-refractivity contribution in [2.75, 3.05) is 5.73 Å². The minimum absolute atomic E-state index is 0. The van der Waals surface area contributed by atoms with Gasteiger partial charge in [0.2, 0.25) is 0 Å². The maximum atomic E-state index is 9.41. The Kier molecular flexibility index (Phi) is 2.52. The number of benzene rings is 2. The van der Waals surface area contributed by atoms with E-state index < -0.39 is 0 Å². The van der Waals surface area contributed by atoms with Crippen LogP contribution in [0.2, 0.25) is 0 Å². The van der Waals surface area contributed by atoms with E-state index in [0.717, 1.165) is 12.1 Å². The Balaban J connectivity index is 0.000000963. The zero-order chi connectivity index (χ0) is 10.4. The van der Waals surface area contributed by atoms with Gasteiger partial charge in [0.1, 0.15) is 5.75 Å². The summed E-state index contributed by atoms with van der Waals surface area (Å²) in [6.07, 6.45) is 0.865. The van der Waals surface area contributed by atoms with Crippen LogP contribution in [0.15, 0.2) is 36.4 Å². The van der Waals surface area contributed by atoms with Crippen molar-refractivity contribution in [1.29, 1.82) is 0 Å². The van der Waals surface area contributed by atoms with E-state index in [1.54, 1.807) is 6.07 Å². The first kappa shape index (κ1) is 10.8. The van der Waals surface area contributed by atoms with Crippen LogP contribution in [0.1, 0.15) is 11.1 Å². The number of halogens is 1. The Morgan fingerprint density at radius 3 is 2.31 bits per heavy atom. The summed E-state index contributed by atoms with van der Waals surface area (Å²) in [7, 11) is 0. The third-order valence-electron chi connectivity index (χ3n) is 2.89. The molecule has 0 unspecified atom stereocenters. The highest BCUT2D eigenvalue weighted by Crippen LogP contribution is 2.38. The van der Waals surface area contributed by atoms with Gasteiger partial charge in [-0.25, -0.2) is 0 Å². The number of phenolic OH excluding ortho intramolecular Hbond substituents is 1. The molecule has 1 aliphatic rings. The minimum Gasteiger partial charge on any atom is -0.508 e. The molecule has 0 radical (unpaired) electrons. The van der Waals surface area contributed by atoms with Gasteiger partial charge in [-0.15, -0.1) is 12.4 Å². The zero-order valence-electron chi connectivity index (χ0n) is 8.60. The van der Waals surface area contributed by atoms with Crippen LogP contribution in [-0.4, -0.2) is 5.11 Å². The topological polar surface area (TPSA) is 46.2 Å². The molecular formula is C13H12ClNO. The molecule has 3 heteroatoms. The first-order valence-electron chi connectivity index (χ1n) is 4.95. The van der Waals surface area contributed by atoms with Gasteiger partial charge < -0.3 is 10.8 Å². The van der Waals surface area contributed by atoms with E-state index in [-0.39, 0.29) is 12.4 Å². The molecule has 1 aliphatic carbocycles. The Morgan fingerprint density at radius 2 is 1.56 bits per heavy atom. The van der Waals surface area contributed by atoms with Crippen molar-refractivity contribution in [3.8, 4) is 16.9 Å². The van der Waals surface area contributed by atoms with E-state index in [4.69, 9.17) is 5.73 Å². The average Bonchev–Trinajstić information content (AvgIpc) is 2.53. The van der Waals surface area contributed by atoms with Crippen LogP contribution in [0.4, 0.5) is 5.69 Å². The van der Waals surface area contributed by atoms with Crippen LogP contribution in [0, 0.1) is 0 Å². The highest BCUT2D eigenvalue weighted by atomic mass is 35.5. The number of hydrogen-bond acceptors (Lipinski definition) is 2. The molecule has 0 fully saturated rings. The summed E-state index contributed by atoms with van der Waals surface area (Å²) in [5.74, 6) is 0.328. The van der Waals surface area contributed by atoms with Crippen molar-refractivity contribution in [3.63, 3.8) is 0 Å². The van der Waals surface area contributed by atoms with Gasteiger partial charge in [0.25, 0.3) is 0 Å². The summed E-state index contributed by atoms with van der Waals surface area (Å²) >= 11 is 0. The molecule has 0 heterocycles. The van der Waals surface area contributed by atoms with E-state index in [1.165, 1.54) is 22.3 Å². The first-order chi connectivity index (χ1) is 7.24. The number of fused-ring (bicyclic) bond motifs is 3. The number of nitrogens with two attached hydrogens (primary N) is 1. The number of rotatable bonds is 0. The molecule has 0 saturated heterocycles. The van der Waals surface area contributed by atoms with Gasteiger partial charge in [-0.3, -0.25) is 0 Å². The quantitative estimate of drug-likeness (QED) is 0.587. The lowest BCUT2D eigenvalue weighted by molar-refractivity contribution is 0.475. The monoisotopic (exact) mass is 233 g/mol. The minimum atomic E-state index is 0. The molecule has 3 rings (SSSR count). The largest absolute Gasteiger partial charge is 0.508 e. The summed E-state index contributed by atoms with van der Waals surface area (Å²) in [5, 5.41) is 9.41. The number of nitrogen functional groups attached to an aromatic ring is 1. The summed E-state index contributed by atoms with van der Waals surface area (Å²) < 4.78 is 0. The Labute approximate surface area is 100 Å². The molecule has 3 N–H and O–H groups in total. The summed E-state index contributed by atoms with van der Waals surface area (Å²) in [5.41, 5.74) is 11.4. The molecule has 0 saturated carbocycles. The Bertz CT molecular complexity index is 502. The lowest BCUT2D eigenvalue weighted by atomic mass is 10.1. The van der Waals surface area contributed by atoms with Crippen LogP contribution in [0.5, 0.6) is 5.75 Å².